The van der Waals surface area contributed by atoms with Crippen LogP contribution in [-0.4, -0.2) is 24.7 Å². The predicted molar refractivity (Wildman–Crippen MR) is 135 cm³/mol. The summed E-state index contributed by atoms with van der Waals surface area (Å²) in [5.41, 5.74) is 4.44. The van der Waals surface area contributed by atoms with Crippen LogP contribution < -0.4 is 15.0 Å². The van der Waals surface area contributed by atoms with Gasteiger partial charge in [-0.15, -0.1) is 11.8 Å². The SMILES string of the molecule is COc1cccc(C(=O)Nc2ccc(C3SCC(=O)N3c3ccc(C(C)(C)C)cc3)cc2)c1. The fraction of sp³-hybridized carbons (Fsp3) is 0.259. The van der Waals surface area contributed by atoms with Crippen molar-refractivity contribution in [1.29, 1.82) is 0 Å². The lowest BCUT2D eigenvalue weighted by Gasteiger charge is -2.26. The number of ether oxygens (including phenoxy) is 1. The molecule has 1 N–H and O–H groups in total. The van der Waals surface area contributed by atoms with E-state index in [1.54, 1.807) is 43.1 Å². The summed E-state index contributed by atoms with van der Waals surface area (Å²) in [6.45, 7) is 6.53. The van der Waals surface area contributed by atoms with Gasteiger partial charge in [-0.25, -0.2) is 0 Å². The lowest BCUT2D eigenvalue weighted by atomic mass is 9.87. The van der Waals surface area contributed by atoms with Gasteiger partial charge >= 0.3 is 0 Å². The van der Waals surface area contributed by atoms with Crippen LogP contribution in [0.5, 0.6) is 5.75 Å². The molecule has 33 heavy (non-hydrogen) atoms. The molecular formula is C27H28N2O3S. The average Bonchev–Trinajstić information content (AvgIpc) is 3.20. The Bertz CT molecular complexity index is 1150. The number of benzene rings is 3. The van der Waals surface area contributed by atoms with Crippen molar-refractivity contribution in [2.75, 3.05) is 23.1 Å². The van der Waals surface area contributed by atoms with E-state index in [4.69, 9.17) is 4.74 Å². The van der Waals surface area contributed by atoms with E-state index >= 15 is 0 Å². The van der Waals surface area contributed by atoms with Crippen molar-refractivity contribution in [3.63, 3.8) is 0 Å². The molecule has 1 aliphatic rings. The maximum absolute atomic E-state index is 12.7. The number of amides is 2. The molecule has 1 atom stereocenters. The van der Waals surface area contributed by atoms with Crippen molar-refractivity contribution in [1.82, 2.24) is 0 Å². The van der Waals surface area contributed by atoms with E-state index in [0.717, 1.165) is 11.3 Å². The Morgan fingerprint density at radius 2 is 1.73 bits per heavy atom. The zero-order valence-electron chi connectivity index (χ0n) is 19.3. The van der Waals surface area contributed by atoms with Gasteiger partial charge < -0.3 is 10.1 Å². The molecule has 1 aliphatic heterocycles. The maximum atomic E-state index is 12.7. The molecular weight excluding hydrogens is 432 g/mol. The Hall–Kier alpha value is -3.25. The Labute approximate surface area is 199 Å². The minimum absolute atomic E-state index is 0.0623. The van der Waals surface area contributed by atoms with Gasteiger partial charge in [0, 0.05) is 16.9 Å². The van der Waals surface area contributed by atoms with E-state index in [0.29, 0.717) is 22.8 Å². The van der Waals surface area contributed by atoms with Gasteiger partial charge in [0.2, 0.25) is 5.91 Å². The van der Waals surface area contributed by atoms with Gasteiger partial charge in [-0.05, 0) is 59.0 Å². The van der Waals surface area contributed by atoms with Crippen molar-refractivity contribution in [2.45, 2.75) is 31.6 Å². The van der Waals surface area contributed by atoms with Gasteiger partial charge in [0.1, 0.15) is 11.1 Å². The van der Waals surface area contributed by atoms with Crippen molar-refractivity contribution in [3.8, 4) is 5.75 Å². The molecule has 3 aromatic rings. The van der Waals surface area contributed by atoms with Crippen molar-refractivity contribution < 1.29 is 14.3 Å². The number of hydrogen-bond acceptors (Lipinski definition) is 4. The van der Waals surface area contributed by atoms with Crippen molar-refractivity contribution in [2.24, 2.45) is 0 Å². The highest BCUT2D eigenvalue weighted by atomic mass is 32.2. The first kappa shape index (κ1) is 22.9. The number of thioether (sulfide) groups is 1. The van der Waals surface area contributed by atoms with Gasteiger partial charge in [0.15, 0.2) is 0 Å². The molecule has 1 heterocycles. The minimum atomic E-state index is -0.201. The van der Waals surface area contributed by atoms with E-state index < -0.39 is 0 Å². The smallest absolute Gasteiger partial charge is 0.255 e. The molecule has 0 aromatic heterocycles. The first-order valence-corrected chi connectivity index (χ1v) is 11.9. The fourth-order valence-corrected chi connectivity index (χ4v) is 4.95. The Kier molecular flexibility index (Phi) is 6.47. The largest absolute Gasteiger partial charge is 0.497 e. The van der Waals surface area contributed by atoms with Gasteiger partial charge in [-0.1, -0.05) is 51.1 Å². The quantitative estimate of drug-likeness (QED) is 0.506. The molecule has 0 aliphatic carbocycles. The second kappa shape index (κ2) is 9.32. The number of carbonyl (C=O) groups is 2. The number of carbonyl (C=O) groups excluding carboxylic acids is 2. The lowest BCUT2D eigenvalue weighted by Crippen LogP contribution is -2.28. The molecule has 1 saturated heterocycles. The van der Waals surface area contributed by atoms with Crippen molar-refractivity contribution >= 4 is 35.0 Å². The molecule has 1 unspecified atom stereocenters. The molecule has 0 radical (unpaired) electrons. The summed E-state index contributed by atoms with van der Waals surface area (Å²) in [5, 5.41) is 2.82. The normalized spacial score (nSPS) is 16.1. The Balaban J connectivity index is 1.50. The second-order valence-electron chi connectivity index (χ2n) is 9.03. The highest BCUT2D eigenvalue weighted by Gasteiger charge is 2.34. The molecule has 0 saturated carbocycles. The van der Waals surface area contributed by atoms with Gasteiger partial charge in [-0.2, -0.15) is 0 Å². The molecule has 170 valence electrons. The van der Waals surface area contributed by atoms with E-state index in [1.807, 2.05) is 41.3 Å². The standard InChI is InChI=1S/C27H28N2O3S/c1-27(2,3)20-10-14-22(15-11-20)29-24(30)17-33-26(29)18-8-12-21(13-9-18)28-25(31)19-6-5-7-23(16-19)32-4/h5-16,26H,17H2,1-4H3,(H,28,31). The highest BCUT2D eigenvalue weighted by Crippen LogP contribution is 2.42. The van der Waals surface area contributed by atoms with Crippen LogP contribution in [-0.2, 0) is 10.2 Å². The monoisotopic (exact) mass is 460 g/mol. The number of nitrogens with one attached hydrogen (secondary N) is 1. The summed E-state index contributed by atoms with van der Waals surface area (Å²) in [4.78, 5) is 27.1. The van der Waals surface area contributed by atoms with E-state index in [9.17, 15) is 9.59 Å². The van der Waals surface area contributed by atoms with Gasteiger partial charge in [0.25, 0.3) is 5.91 Å². The lowest BCUT2D eigenvalue weighted by molar-refractivity contribution is -0.115. The number of nitrogens with zero attached hydrogens (tertiary/aromatic N) is 1. The van der Waals surface area contributed by atoms with Crippen LogP contribution in [0, 0.1) is 0 Å². The van der Waals surface area contributed by atoms with Crippen LogP contribution in [0.15, 0.2) is 72.8 Å². The van der Waals surface area contributed by atoms with Crippen LogP contribution >= 0.6 is 11.8 Å². The zero-order chi connectivity index (χ0) is 23.6. The summed E-state index contributed by atoms with van der Waals surface area (Å²) in [6, 6.07) is 23.0. The molecule has 5 nitrogen and oxygen atoms in total. The van der Waals surface area contributed by atoms with Crippen LogP contribution in [0.3, 0.4) is 0 Å². The molecule has 6 heteroatoms. The Morgan fingerprint density at radius 1 is 1.03 bits per heavy atom. The molecule has 3 aromatic carbocycles. The van der Waals surface area contributed by atoms with Crippen molar-refractivity contribution in [3.05, 3.63) is 89.5 Å². The number of rotatable bonds is 5. The number of hydrogen-bond donors (Lipinski definition) is 1. The summed E-state index contributed by atoms with van der Waals surface area (Å²) < 4.78 is 5.19. The fourth-order valence-electron chi connectivity index (χ4n) is 3.77. The minimum Gasteiger partial charge on any atom is -0.497 e. The summed E-state index contributed by atoms with van der Waals surface area (Å²) in [7, 11) is 1.57. The third-order valence-electron chi connectivity index (χ3n) is 5.67. The second-order valence-corrected chi connectivity index (χ2v) is 10.1. The van der Waals surface area contributed by atoms with E-state index in [1.165, 1.54) is 5.56 Å². The van der Waals surface area contributed by atoms with Gasteiger partial charge in [0.05, 0.1) is 12.9 Å². The average molecular weight is 461 g/mol. The first-order chi connectivity index (χ1) is 15.8. The molecule has 4 rings (SSSR count). The predicted octanol–water partition coefficient (Wildman–Crippen LogP) is 6.02. The topological polar surface area (TPSA) is 58.6 Å². The molecule has 0 spiro atoms. The summed E-state index contributed by atoms with van der Waals surface area (Å²) in [5.74, 6) is 0.980. The number of methoxy groups -OCH3 is 1. The van der Waals surface area contributed by atoms with Crippen LogP contribution in [0.2, 0.25) is 0 Å². The number of anilines is 2. The third kappa shape index (κ3) is 5.06. The Morgan fingerprint density at radius 3 is 2.36 bits per heavy atom. The van der Waals surface area contributed by atoms with E-state index in [2.05, 4.69) is 38.2 Å². The third-order valence-corrected chi connectivity index (χ3v) is 6.88. The molecule has 2 amide bonds. The van der Waals surface area contributed by atoms with Crippen LogP contribution in [0.1, 0.15) is 47.6 Å². The first-order valence-electron chi connectivity index (χ1n) is 10.9. The zero-order valence-corrected chi connectivity index (χ0v) is 20.1. The molecule has 1 fully saturated rings. The summed E-state index contributed by atoms with van der Waals surface area (Å²) >= 11 is 1.61. The maximum Gasteiger partial charge on any atom is 0.255 e. The van der Waals surface area contributed by atoms with Crippen LogP contribution in [0.4, 0.5) is 11.4 Å². The van der Waals surface area contributed by atoms with E-state index in [-0.39, 0.29) is 22.6 Å². The molecule has 0 bridgehead atoms. The summed E-state index contributed by atoms with van der Waals surface area (Å²) in [6.07, 6.45) is 0. The highest BCUT2D eigenvalue weighted by molar-refractivity contribution is 8.00. The van der Waals surface area contributed by atoms with Crippen LogP contribution in [0.25, 0.3) is 0 Å². The van der Waals surface area contributed by atoms with Gasteiger partial charge in [-0.3, -0.25) is 14.5 Å².